The van der Waals surface area contributed by atoms with E-state index >= 15 is 0 Å². The highest BCUT2D eigenvalue weighted by Crippen LogP contribution is 2.24. The van der Waals surface area contributed by atoms with E-state index < -0.39 is 0 Å². The number of benzene rings is 2. The first-order valence-corrected chi connectivity index (χ1v) is 10.5. The van der Waals surface area contributed by atoms with Crippen LogP contribution in [0.4, 0.5) is 4.39 Å². The number of carbonyl (C=O) groups excluding carboxylic acids is 1. The van der Waals surface area contributed by atoms with E-state index in [0.29, 0.717) is 23.7 Å². The monoisotopic (exact) mass is 418 g/mol. The van der Waals surface area contributed by atoms with Gasteiger partial charge >= 0.3 is 0 Å². The van der Waals surface area contributed by atoms with Gasteiger partial charge in [-0.3, -0.25) is 9.69 Å². The van der Waals surface area contributed by atoms with Gasteiger partial charge in [0.15, 0.2) is 0 Å². The number of hydrogen-bond donors (Lipinski definition) is 1. The number of methoxy groups -OCH3 is 1. The molecule has 4 nitrogen and oxygen atoms in total. The minimum atomic E-state index is -0.269. The number of carbonyl (C=O) groups is 1. The van der Waals surface area contributed by atoms with Crippen LogP contribution >= 0.6 is 11.6 Å². The van der Waals surface area contributed by atoms with E-state index in [1.807, 2.05) is 12.1 Å². The van der Waals surface area contributed by atoms with E-state index in [2.05, 4.69) is 22.3 Å². The summed E-state index contributed by atoms with van der Waals surface area (Å²) < 4.78 is 19.1. The van der Waals surface area contributed by atoms with Crippen LogP contribution in [0.25, 0.3) is 0 Å². The minimum Gasteiger partial charge on any atom is -0.497 e. The quantitative estimate of drug-likeness (QED) is 0.644. The van der Waals surface area contributed by atoms with Gasteiger partial charge in [0, 0.05) is 29.6 Å². The summed E-state index contributed by atoms with van der Waals surface area (Å²) in [6, 6.07) is 12.8. The molecule has 1 fully saturated rings. The van der Waals surface area contributed by atoms with Gasteiger partial charge in [0.1, 0.15) is 11.6 Å². The summed E-state index contributed by atoms with van der Waals surface area (Å²) in [5.74, 6) is 0.742. The topological polar surface area (TPSA) is 41.6 Å². The molecule has 0 radical (unpaired) electrons. The van der Waals surface area contributed by atoms with Gasteiger partial charge in [-0.15, -0.1) is 0 Å². The van der Waals surface area contributed by atoms with Crippen molar-refractivity contribution in [2.45, 2.75) is 32.2 Å². The molecule has 1 heterocycles. The number of aryl methyl sites for hydroxylation is 1. The van der Waals surface area contributed by atoms with Crippen LogP contribution in [-0.2, 0) is 17.8 Å². The lowest BCUT2D eigenvalue weighted by Gasteiger charge is -2.31. The Kier molecular flexibility index (Phi) is 7.90. The fourth-order valence-corrected chi connectivity index (χ4v) is 3.92. The molecule has 0 atom stereocenters. The zero-order valence-corrected chi connectivity index (χ0v) is 17.6. The van der Waals surface area contributed by atoms with Crippen LogP contribution in [0.1, 0.15) is 30.4 Å². The minimum absolute atomic E-state index is 0.0309. The van der Waals surface area contributed by atoms with Crippen LogP contribution < -0.4 is 10.1 Å². The number of hydrogen-bond acceptors (Lipinski definition) is 3. The molecule has 0 aromatic heterocycles. The van der Waals surface area contributed by atoms with Crippen molar-refractivity contribution in [3.05, 3.63) is 64.4 Å². The summed E-state index contributed by atoms with van der Waals surface area (Å²) in [5, 5.41) is 3.52. The smallest absolute Gasteiger partial charge is 0.223 e. The Morgan fingerprint density at radius 1 is 1.21 bits per heavy atom. The van der Waals surface area contributed by atoms with Gasteiger partial charge in [-0.25, -0.2) is 4.39 Å². The molecule has 1 aliphatic heterocycles. The van der Waals surface area contributed by atoms with Crippen LogP contribution in [0.15, 0.2) is 42.5 Å². The summed E-state index contributed by atoms with van der Waals surface area (Å²) in [7, 11) is 1.66. The highest BCUT2D eigenvalue weighted by atomic mass is 35.5. The number of amides is 1. The largest absolute Gasteiger partial charge is 0.497 e. The van der Waals surface area contributed by atoms with E-state index in [4.69, 9.17) is 16.3 Å². The fourth-order valence-electron chi connectivity index (χ4n) is 3.70. The normalized spacial score (nSPS) is 15.3. The van der Waals surface area contributed by atoms with Gasteiger partial charge in [0.25, 0.3) is 0 Å². The summed E-state index contributed by atoms with van der Waals surface area (Å²) in [6.07, 6.45) is 3.40. The van der Waals surface area contributed by atoms with Crippen molar-refractivity contribution in [2.75, 3.05) is 26.7 Å². The maximum atomic E-state index is 14.0. The Morgan fingerprint density at radius 3 is 2.59 bits per heavy atom. The highest BCUT2D eigenvalue weighted by Gasteiger charge is 2.25. The molecule has 2 aromatic carbocycles. The van der Waals surface area contributed by atoms with Crippen LogP contribution in [0, 0.1) is 11.7 Å². The van der Waals surface area contributed by atoms with Crippen LogP contribution in [0.5, 0.6) is 5.75 Å². The molecule has 6 heteroatoms. The molecular formula is C23H28ClFN2O2. The Balaban J connectivity index is 1.36. The van der Waals surface area contributed by atoms with Crippen molar-refractivity contribution >= 4 is 17.5 Å². The lowest BCUT2D eigenvalue weighted by molar-refractivity contribution is -0.126. The Morgan fingerprint density at radius 2 is 1.93 bits per heavy atom. The van der Waals surface area contributed by atoms with Crippen LogP contribution in [-0.4, -0.2) is 37.6 Å². The molecule has 1 N–H and O–H groups in total. The van der Waals surface area contributed by atoms with Crippen molar-refractivity contribution < 1.29 is 13.9 Å². The lowest BCUT2D eigenvalue weighted by atomic mass is 9.95. The number of halogens is 2. The highest BCUT2D eigenvalue weighted by molar-refractivity contribution is 6.31. The number of rotatable bonds is 8. The van der Waals surface area contributed by atoms with Gasteiger partial charge in [-0.1, -0.05) is 29.8 Å². The first kappa shape index (κ1) is 21.6. The average molecular weight is 419 g/mol. The molecule has 2 aromatic rings. The van der Waals surface area contributed by atoms with Crippen LogP contribution in [0.3, 0.4) is 0 Å². The van der Waals surface area contributed by atoms with Crippen molar-refractivity contribution in [2.24, 2.45) is 5.92 Å². The number of nitrogens with one attached hydrogen (secondary N) is 1. The molecule has 1 amide bonds. The van der Waals surface area contributed by atoms with E-state index in [0.717, 1.165) is 44.5 Å². The summed E-state index contributed by atoms with van der Waals surface area (Å²) in [6.45, 7) is 2.71. The maximum Gasteiger partial charge on any atom is 0.223 e. The molecule has 0 saturated carbocycles. The molecular weight excluding hydrogens is 391 g/mol. The predicted octanol–water partition coefficient (Wildman–Crippen LogP) is 4.45. The summed E-state index contributed by atoms with van der Waals surface area (Å²) in [4.78, 5) is 14.6. The molecule has 0 bridgehead atoms. The summed E-state index contributed by atoms with van der Waals surface area (Å²) >= 11 is 6.12. The van der Waals surface area contributed by atoms with Crippen molar-refractivity contribution in [3.8, 4) is 5.75 Å². The average Bonchev–Trinajstić information content (AvgIpc) is 2.74. The van der Waals surface area contributed by atoms with Gasteiger partial charge in [0.2, 0.25) is 5.91 Å². The zero-order valence-electron chi connectivity index (χ0n) is 16.8. The van der Waals surface area contributed by atoms with E-state index in [9.17, 15) is 9.18 Å². The third-order valence-corrected chi connectivity index (χ3v) is 5.86. The molecule has 0 unspecified atom stereocenters. The maximum absolute atomic E-state index is 14.0. The van der Waals surface area contributed by atoms with E-state index in [1.165, 1.54) is 11.6 Å². The van der Waals surface area contributed by atoms with Crippen LogP contribution in [0.2, 0.25) is 5.02 Å². The third kappa shape index (κ3) is 6.18. The van der Waals surface area contributed by atoms with Crippen molar-refractivity contribution in [1.82, 2.24) is 10.2 Å². The van der Waals surface area contributed by atoms with E-state index in [-0.39, 0.29) is 17.6 Å². The molecule has 3 rings (SSSR count). The molecule has 0 aliphatic carbocycles. The van der Waals surface area contributed by atoms with Crippen molar-refractivity contribution in [3.63, 3.8) is 0 Å². The van der Waals surface area contributed by atoms with Gasteiger partial charge in [-0.2, -0.15) is 0 Å². The number of ether oxygens (including phenoxy) is 1. The number of nitrogens with zero attached hydrogens (tertiary/aromatic N) is 1. The summed E-state index contributed by atoms with van der Waals surface area (Å²) in [5.41, 5.74) is 1.77. The molecule has 156 valence electrons. The Bertz CT molecular complexity index is 785. The third-order valence-electron chi connectivity index (χ3n) is 5.50. The Hall–Kier alpha value is -2.11. The van der Waals surface area contributed by atoms with Gasteiger partial charge in [-0.05, 0) is 68.6 Å². The Labute approximate surface area is 177 Å². The standard InChI is InChI=1S/C23H28ClFN2O2/c1-29-19-9-7-17(8-10-19)4-3-13-26-23(28)18-11-14-27(15-12-18)16-20-21(24)5-2-6-22(20)25/h2,5-10,18H,3-4,11-16H2,1H3,(H,26,28). The second-order valence-electron chi connectivity index (χ2n) is 7.49. The first-order chi connectivity index (χ1) is 14.1. The first-order valence-electron chi connectivity index (χ1n) is 10.1. The van der Waals surface area contributed by atoms with Gasteiger partial charge in [0.05, 0.1) is 7.11 Å². The fraction of sp³-hybridized carbons (Fsp3) is 0.435. The SMILES string of the molecule is COc1ccc(CCCNC(=O)C2CCN(Cc3c(F)cccc3Cl)CC2)cc1. The molecule has 29 heavy (non-hydrogen) atoms. The second kappa shape index (κ2) is 10.6. The number of likely N-dealkylation sites (tertiary alicyclic amines) is 1. The second-order valence-corrected chi connectivity index (χ2v) is 7.90. The molecule has 1 saturated heterocycles. The number of piperidine rings is 1. The molecule has 1 aliphatic rings. The van der Waals surface area contributed by atoms with E-state index in [1.54, 1.807) is 19.2 Å². The van der Waals surface area contributed by atoms with Crippen molar-refractivity contribution in [1.29, 1.82) is 0 Å². The molecule has 0 spiro atoms. The zero-order chi connectivity index (χ0) is 20.6. The van der Waals surface area contributed by atoms with Gasteiger partial charge < -0.3 is 10.1 Å². The lowest BCUT2D eigenvalue weighted by Crippen LogP contribution is -2.40. The predicted molar refractivity (Wildman–Crippen MR) is 114 cm³/mol.